The highest BCUT2D eigenvalue weighted by Crippen LogP contribution is 2.36. The molecular formula is C25H30N6O2S. The molecule has 1 aliphatic heterocycles. The van der Waals surface area contributed by atoms with Gasteiger partial charge in [0.2, 0.25) is 0 Å². The Bertz CT molecular complexity index is 1380. The van der Waals surface area contributed by atoms with Crippen molar-refractivity contribution >= 4 is 32.4 Å². The van der Waals surface area contributed by atoms with E-state index in [9.17, 15) is 13.7 Å². The van der Waals surface area contributed by atoms with Gasteiger partial charge in [0.15, 0.2) is 9.84 Å². The van der Waals surface area contributed by atoms with Gasteiger partial charge in [-0.2, -0.15) is 5.26 Å². The lowest BCUT2D eigenvalue weighted by Gasteiger charge is -2.38. The minimum Gasteiger partial charge on any atom is -0.368 e. The van der Waals surface area contributed by atoms with Crippen molar-refractivity contribution in [2.75, 3.05) is 49.3 Å². The van der Waals surface area contributed by atoms with Gasteiger partial charge in [0, 0.05) is 61.8 Å². The number of benzene rings is 1. The zero-order chi connectivity index (χ0) is 24.0. The first-order valence-electron chi connectivity index (χ1n) is 11.7. The Morgan fingerprint density at radius 3 is 2.41 bits per heavy atom. The average molecular weight is 479 g/mol. The number of hydrogen-bond donors (Lipinski definition) is 1. The Morgan fingerprint density at radius 2 is 1.79 bits per heavy atom. The summed E-state index contributed by atoms with van der Waals surface area (Å²) in [6.45, 7) is 5.27. The summed E-state index contributed by atoms with van der Waals surface area (Å²) in [6, 6.07) is 12.6. The largest absolute Gasteiger partial charge is 0.368 e. The molecule has 178 valence electrons. The smallest absolute Gasteiger partial charge is 0.175 e. The van der Waals surface area contributed by atoms with Gasteiger partial charge in [0.25, 0.3) is 0 Å². The Hall–Kier alpha value is -3.09. The molecule has 5 rings (SSSR count). The van der Waals surface area contributed by atoms with Crippen LogP contribution in [0.15, 0.2) is 41.4 Å². The van der Waals surface area contributed by atoms with Crippen molar-refractivity contribution in [2.45, 2.75) is 36.7 Å². The van der Waals surface area contributed by atoms with Crippen LogP contribution in [0.1, 0.15) is 30.0 Å². The summed E-state index contributed by atoms with van der Waals surface area (Å²) in [7, 11) is -1.22. The molecule has 3 heterocycles. The van der Waals surface area contributed by atoms with E-state index < -0.39 is 9.84 Å². The van der Waals surface area contributed by atoms with Crippen molar-refractivity contribution in [1.29, 1.82) is 5.26 Å². The third kappa shape index (κ3) is 4.01. The van der Waals surface area contributed by atoms with Gasteiger partial charge in [-0.3, -0.25) is 0 Å². The zero-order valence-electron chi connectivity index (χ0n) is 19.8. The second-order valence-electron chi connectivity index (χ2n) is 9.41. The summed E-state index contributed by atoms with van der Waals surface area (Å²) in [5.41, 5.74) is 3.62. The highest BCUT2D eigenvalue weighted by atomic mass is 32.2. The fourth-order valence-corrected chi connectivity index (χ4v) is 5.81. The molecule has 0 unspecified atom stereocenters. The minimum absolute atomic E-state index is 0.358. The number of nitrogens with one attached hydrogen (secondary N) is 1. The van der Waals surface area contributed by atoms with Crippen LogP contribution in [-0.4, -0.2) is 63.5 Å². The van der Waals surface area contributed by atoms with Gasteiger partial charge >= 0.3 is 0 Å². The Morgan fingerprint density at radius 1 is 1.09 bits per heavy atom. The van der Waals surface area contributed by atoms with Crippen LogP contribution in [0, 0.1) is 18.3 Å². The van der Waals surface area contributed by atoms with Gasteiger partial charge in [-0.25, -0.2) is 13.4 Å². The van der Waals surface area contributed by atoms with Gasteiger partial charge in [0.05, 0.1) is 10.5 Å². The van der Waals surface area contributed by atoms with Crippen LogP contribution < -0.4 is 15.1 Å². The van der Waals surface area contributed by atoms with Crippen LogP contribution in [0.5, 0.6) is 0 Å². The number of rotatable bonds is 5. The van der Waals surface area contributed by atoms with E-state index in [0.29, 0.717) is 22.5 Å². The Balaban J connectivity index is 1.35. The van der Waals surface area contributed by atoms with Crippen molar-refractivity contribution in [3.63, 3.8) is 0 Å². The molecule has 0 spiro atoms. The lowest BCUT2D eigenvalue weighted by Crippen LogP contribution is -2.47. The van der Waals surface area contributed by atoms with Gasteiger partial charge in [-0.1, -0.05) is 0 Å². The molecule has 34 heavy (non-hydrogen) atoms. The summed E-state index contributed by atoms with van der Waals surface area (Å²) in [6.07, 6.45) is 5.29. The topological polar surface area (TPSA) is 94.3 Å². The molecule has 2 aromatic heterocycles. The van der Waals surface area contributed by atoms with Crippen molar-refractivity contribution in [3.8, 4) is 6.07 Å². The number of aromatic nitrogens is 2. The maximum atomic E-state index is 11.9. The van der Waals surface area contributed by atoms with Crippen LogP contribution in [0.4, 0.5) is 11.5 Å². The molecule has 2 fully saturated rings. The van der Waals surface area contributed by atoms with E-state index in [0.717, 1.165) is 67.1 Å². The fourth-order valence-electron chi connectivity index (χ4n) is 5.10. The van der Waals surface area contributed by atoms with Crippen molar-refractivity contribution in [3.05, 3.63) is 47.7 Å². The van der Waals surface area contributed by atoms with E-state index >= 15 is 0 Å². The summed E-state index contributed by atoms with van der Waals surface area (Å²) in [4.78, 5) is 9.96. The molecule has 9 heteroatoms. The van der Waals surface area contributed by atoms with Crippen LogP contribution >= 0.6 is 0 Å². The maximum Gasteiger partial charge on any atom is 0.175 e. The summed E-state index contributed by atoms with van der Waals surface area (Å²) in [5.74, 6) is 0.935. The number of fused-ring (bicyclic) bond motifs is 1. The zero-order valence-corrected chi connectivity index (χ0v) is 20.6. The van der Waals surface area contributed by atoms with E-state index in [1.165, 1.54) is 6.26 Å². The van der Waals surface area contributed by atoms with Gasteiger partial charge in [-0.05, 0) is 62.7 Å². The van der Waals surface area contributed by atoms with E-state index in [1.807, 2.05) is 38.4 Å². The fraction of sp³-hybridized carbons (Fsp3) is 0.440. The summed E-state index contributed by atoms with van der Waals surface area (Å²) >= 11 is 0. The predicted octanol–water partition coefficient (Wildman–Crippen LogP) is 2.87. The lowest BCUT2D eigenvalue weighted by molar-refractivity contribution is 0.240. The summed E-state index contributed by atoms with van der Waals surface area (Å²) < 4.78 is 25.9. The first-order chi connectivity index (χ1) is 16.3. The second kappa shape index (κ2) is 8.60. The SMILES string of the molecule is CN[C@H]1C[C@H](n2cc(C#N)c3ccc(N4CCN(c5ccc(S(C)(=O)=O)cc5C)CC4)nc32)C1. The molecule has 3 aromatic rings. The quantitative estimate of drug-likeness (QED) is 0.603. The number of nitrogens with zero attached hydrogens (tertiary/aromatic N) is 5. The van der Waals surface area contributed by atoms with Gasteiger partial charge in [0.1, 0.15) is 17.5 Å². The number of anilines is 2. The average Bonchev–Trinajstić information content (AvgIpc) is 3.15. The molecule has 1 saturated heterocycles. The highest BCUT2D eigenvalue weighted by Gasteiger charge is 2.31. The number of piperazine rings is 1. The number of pyridine rings is 1. The van der Waals surface area contributed by atoms with Crippen LogP contribution in [0.3, 0.4) is 0 Å². The Labute approximate surface area is 200 Å². The molecule has 0 atom stereocenters. The standard InChI is InChI=1S/C25H30N6O2S/c1-17-12-21(34(3,32)33)4-6-23(17)29-8-10-30(11-9-29)24-7-5-22-18(15-26)16-31(25(22)28-24)20-13-19(14-20)27-2/h4-7,12,16,19-20,27H,8-11,13-14H2,1-3H3/t19-,20-. The van der Waals surface area contributed by atoms with Gasteiger partial charge < -0.3 is 19.7 Å². The van der Waals surface area contributed by atoms with E-state index in [2.05, 4.69) is 25.8 Å². The second-order valence-corrected chi connectivity index (χ2v) is 11.4. The predicted molar refractivity (Wildman–Crippen MR) is 134 cm³/mol. The molecule has 1 aliphatic carbocycles. The molecule has 0 amide bonds. The van der Waals surface area contributed by atoms with Crippen LogP contribution in [0.2, 0.25) is 0 Å². The molecule has 0 radical (unpaired) electrons. The van der Waals surface area contributed by atoms with Crippen molar-refractivity contribution in [2.24, 2.45) is 0 Å². The minimum atomic E-state index is -3.21. The van der Waals surface area contributed by atoms with E-state index in [4.69, 9.17) is 4.98 Å². The van der Waals surface area contributed by atoms with E-state index in [-0.39, 0.29) is 0 Å². The Kier molecular flexibility index (Phi) is 5.74. The molecule has 1 saturated carbocycles. The number of aryl methyl sites for hydroxylation is 1. The molecule has 8 nitrogen and oxygen atoms in total. The third-order valence-electron chi connectivity index (χ3n) is 7.24. The number of nitriles is 1. The lowest BCUT2D eigenvalue weighted by atomic mass is 9.87. The number of sulfone groups is 1. The normalized spacial score (nSPS) is 20.9. The first-order valence-corrected chi connectivity index (χ1v) is 13.6. The van der Waals surface area contributed by atoms with Crippen molar-refractivity contribution in [1.82, 2.24) is 14.9 Å². The third-order valence-corrected chi connectivity index (χ3v) is 8.35. The van der Waals surface area contributed by atoms with Crippen molar-refractivity contribution < 1.29 is 8.42 Å². The molecule has 0 bridgehead atoms. The summed E-state index contributed by atoms with van der Waals surface area (Å²) in [5, 5.41) is 13.8. The highest BCUT2D eigenvalue weighted by molar-refractivity contribution is 7.90. The first kappa shape index (κ1) is 22.7. The molecule has 2 aliphatic rings. The van der Waals surface area contributed by atoms with Crippen LogP contribution in [-0.2, 0) is 9.84 Å². The van der Waals surface area contributed by atoms with E-state index in [1.54, 1.807) is 12.1 Å². The van der Waals surface area contributed by atoms with Crippen LogP contribution in [0.25, 0.3) is 11.0 Å². The molecule has 1 aromatic carbocycles. The molecular weight excluding hydrogens is 448 g/mol. The van der Waals surface area contributed by atoms with Gasteiger partial charge in [-0.15, -0.1) is 0 Å². The maximum absolute atomic E-state index is 11.9. The monoisotopic (exact) mass is 478 g/mol. The number of hydrogen-bond acceptors (Lipinski definition) is 7. The molecule has 1 N–H and O–H groups in total.